The van der Waals surface area contributed by atoms with Crippen LogP contribution in [-0.4, -0.2) is 36.5 Å². The number of hydrogen-bond donors (Lipinski definition) is 1. The van der Waals surface area contributed by atoms with Crippen molar-refractivity contribution in [1.82, 2.24) is 5.32 Å². The summed E-state index contributed by atoms with van der Waals surface area (Å²) in [7, 11) is 0. The molecule has 152 valence electrons. The Balaban J connectivity index is 1.59. The fourth-order valence-electron chi connectivity index (χ4n) is 1.87. The summed E-state index contributed by atoms with van der Waals surface area (Å²) in [6, 6.07) is 13.6. The number of rotatable bonds is 8. The van der Waals surface area contributed by atoms with Gasteiger partial charge in [0.2, 0.25) is 6.79 Å². The Hall–Kier alpha value is -4.15. The van der Waals surface area contributed by atoms with Gasteiger partial charge < -0.3 is 24.3 Å². The van der Waals surface area contributed by atoms with Gasteiger partial charge in [0.1, 0.15) is 18.9 Å². The van der Waals surface area contributed by atoms with Crippen LogP contribution in [0.2, 0.25) is 0 Å². The van der Waals surface area contributed by atoms with Crippen molar-refractivity contribution < 1.29 is 38.3 Å². The molecule has 29 heavy (non-hydrogen) atoms. The van der Waals surface area contributed by atoms with Crippen molar-refractivity contribution in [2.45, 2.75) is 6.61 Å². The van der Waals surface area contributed by atoms with Crippen molar-refractivity contribution >= 4 is 23.9 Å². The number of non-ortho nitro benzene ring substituents is 1. The van der Waals surface area contributed by atoms with Gasteiger partial charge in [-0.05, 0) is 17.7 Å². The third-order valence-electron chi connectivity index (χ3n) is 3.24. The molecule has 0 saturated carbocycles. The number of amides is 1. The minimum Gasteiger partial charge on any atom is -0.445 e. The number of alkyl carbamates (subject to hydrolysis) is 1. The van der Waals surface area contributed by atoms with Gasteiger partial charge in [0.05, 0.1) is 4.92 Å². The van der Waals surface area contributed by atoms with Crippen LogP contribution in [0.25, 0.3) is 0 Å². The summed E-state index contributed by atoms with van der Waals surface area (Å²) >= 11 is 0. The summed E-state index contributed by atoms with van der Waals surface area (Å²) in [5.74, 6) is -0.862. The lowest BCUT2D eigenvalue weighted by molar-refractivity contribution is -0.384. The van der Waals surface area contributed by atoms with E-state index in [4.69, 9.17) is 9.47 Å². The maximum absolute atomic E-state index is 11.5. The van der Waals surface area contributed by atoms with Crippen LogP contribution in [0, 0.1) is 10.1 Å². The molecule has 0 unspecified atom stereocenters. The molecule has 0 atom stereocenters. The summed E-state index contributed by atoms with van der Waals surface area (Å²) < 4.78 is 18.8. The van der Waals surface area contributed by atoms with Crippen molar-refractivity contribution in [2.75, 3.05) is 13.3 Å². The van der Waals surface area contributed by atoms with Crippen LogP contribution in [0.15, 0.2) is 54.6 Å². The van der Waals surface area contributed by atoms with Crippen LogP contribution in [0.5, 0.6) is 5.75 Å². The predicted molar refractivity (Wildman–Crippen MR) is 95.8 cm³/mol. The summed E-state index contributed by atoms with van der Waals surface area (Å²) in [4.78, 5) is 44.3. The van der Waals surface area contributed by atoms with E-state index in [0.717, 1.165) is 17.7 Å². The van der Waals surface area contributed by atoms with Gasteiger partial charge in [0, 0.05) is 12.1 Å². The third-order valence-corrected chi connectivity index (χ3v) is 3.24. The lowest BCUT2D eigenvalue weighted by Gasteiger charge is -2.08. The molecule has 1 N–H and O–H groups in total. The molecule has 0 saturated heterocycles. The van der Waals surface area contributed by atoms with Gasteiger partial charge in [-0.15, -0.1) is 0 Å². The van der Waals surface area contributed by atoms with E-state index in [1.807, 2.05) is 6.07 Å². The van der Waals surface area contributed by atoms with E-state index >= 15 is 0 Å². The van der Waals surface area contributed by atoms with Crippen LogP contribution in [0.4, 0.5) is 15.3 Å². The van der Waals surface area contributed by atoms with E-state index in [9.17, 15) is 24.5 Å². The molecule has 2 aromatic rings. The molecule has 0 aliphatic carbocycles. The number of hydrogen-bond acceptors (Lipinski definition) is 9. The zero-order chi connectivity index (χ0) is 21.1. The Morgan fingerprint density at radius 1 is 0.931 bits per heavy atom. The molecule has 0 heterocycles. The number of nitro benzene ring substituents is 1. The van der Waals surface area contributed by atoms with Gasteiger partial charge in [0.15, 0.2) is 0 Å². The average molecular weight is 404 g/mol. The second-order valence-corrected chi connectivity index (χ2v) is 5.30. The Bertz CT molecular complexity index is 853. The van der Waals surface area contributed by atoms with Gasteiger partial charge in [-0.2, -0.15) is 0 Å². The largest absolute Gasteiger partial charge is 0.516 e. The maximum Gasteiger partial charge on any atom is 0.516 e. The van der Waals surface area contributed by atoms with Gasteiger partial charge in [0.25, 0.3) is 5.69 Å². The first-order valence-electron chi connectivity index (χ1n) is 8.13. The molecule has 0 spiro atoms. The Morgan fingerprint density at radius 3 is 2.28 bits per heavy atom. The summed E-state index contributed by atoms with van der Waals surface area (Å²) in [6.45, 7) is -1.20. The minimum atomic E-state index is -1.18. The van der Waals surface area contributed by atoms with Crippen LogP contribution >= 0.6 is 0 Å². The third kappa shape index (κ3) is 7.95. The average Bonchev–Trinajstić information content (AvgIpc) is 2.72. The van der Waals surface area contributed by atoms with Crippen molar-refractivity contribution in [2.24, 2.45) is 0 Å². The first-order valence-corrected chi connectivity index (χ1v) is 8.13. The van der Waals surface area contributed by atoms with Gasteiger partial charge in [-0.1, -0.05) is 30.3 Å². The number of esters is 1. The molecular weight excluding hydrogens is 388 g/mol. The number of benzene rings is 2. The maximum atomic E-state index is 11.5. The summed E-state index contributed by atoms with van der Waals surface area (Å²) in [6.07, 6.45) is -1.99. The van der Waals surface area contributed by atoms with Crippen molar-refractivity contribution in [1.29, 1.82) is 0 Å². The standard InChI is InChI=1S/C18H16N2O9/c21-16(10-19-17(22)26-11-13-4-2-1-3-5-13)27-12-28-18(23)29-15-8-6-14(7-9-15)20(24)25/h1-9H,10-12H2,(H,19,22). The van der Waals surface area contributed by atoms with Crippen LogP contribution in [0.3, 0.4) is 0 Å². The van der Waals surface area contributed by atoms with Gasteiger partial charge in [-0.25, -0.2) is 9.59 Å². The highest BCUT2D eigenvalue weighted by molar-refractivity contribution is 5.77. The Labute approximate surface area is 164 Å². The highest BCUT2D eigenvalue weighted by atomic mass is 16.8. The number of nitrogens with zero attached hydrogens (tertiary/aromatic N) is 1. The molecule has 0 aromatic heterocycles. The Morgan fingerprint density at radius 2 is 1.62 bits per heavy atom. The zero-order valence-corrected chi connectivity index (χ0v) is 14.9. The van der Waals surface area contributed by atoms with Gasteiger partial charge in [-0.3, -0.25) is 14.9 Å². The van der Waals surface area contributed by atoms with E-state index in [-0.39, 0.29) is 18.0 Å². The summed E-state index contributed by atoms with van der Waals surface area (Å²) in [5, 5.41) is 12.7. The van der Waals surface area contributed by atoms with E-state index in [1.54, 1.807) is 24.3 Å². The van der Waals surface area contributed by atoms with E-state index in [0.29, 0.717) is 0 Å². The summed E-state index contributed by atoms with van der Waals surface area (Å²) in [5.41, 5.74) is 0.611. The van der Waals surface area contributed by atoms with Crippen LogP contribution in [-0.2, 0) is 25.6 Å². The quantitative estimate of drug-likeness (QED) is 0.231. The van der Waals surface area contributed by atoms with Crippen molar-refractivity contribution in [3.63, 3.8) is 0 Å². The Kier molecular flexibility index (Phi) is 7.93. The smallest absolute Gasteiger partial charge is 0.445 e. The number of carbonyl (C=O) groups is 3. The van der Waals surface area contributed by atoms with Crippen molar-refractivity contribution in [3.8, 4) is 5.75 Å². The van der Waals surface area contributed by atoms with Crippen LogP contribution < -0.4 is 10.1 Å². The molecule has 0 fully saturated rings. The molecule has 0 bridgehead atoms. The lowest BCUT2D eigenvalue weighted by Crippen LogP contribution is -2.31. The number of nitrogens with one attached hydrogen (secondary N) is 1. The molecule has 1 amide bonds. The van der Waals surface area contributed by atoms with E-state index < -0.39 is 36.5 Å². The SMILES string of the molecule is O=C(CNC(=O)OCc1ccccc1)OCOC(=O)Oc1ccc([N+](=O)[O-])cc1. The van der Waals surface area contributed by atoms with E-state index in [1.165, 1.54) is 12.1 Å². The first kappa shape index (κ1) is 21.2. The molecule has 11 nitrogen and oxygen atoms in total. The van der Waals surface area contributed by atoms with Crippen molar-refractivity contribution in [3.05, 3.63) is 70.3 Å². The molecule has 0 radical (unpaired) electrons. The second kappa shape index (κ2) is 10.9. The fraction of sp³-hybridized carbons (Fsp3) is 0.167. The lowest BCUT2D eigenvalue weighted by atomic mass is 10.2. The van der Waals surface area contributed by atoms with E-state index in [2.05, 4.69) is 14.8 Å². The highest BCUT2D eigenvalue weighted by Gasteiger charge is 2.11. The number of nitro groups is 1. The molecular formula is C18H16N2O9. The predicted octanol–water partition coefficient (Wildman–Crippen LogP) is 2.54. The molecule has 2 rings (SSSR count). The van der Waals surface area contributed by atoms with Gasteiger partial charge >= 0.3 is 18.2 Å². The van der Waals surface area contributed by atoms with Crippen LogP contribution in [0.1, 0.15) is 5.56 Å². The minimum absolute atomic E-state index is 0.00903. The molecule has 0 aliphatic rings. The number of carbonyl (C=O) groups excluding carboxylic acids is 3. The monoisotopic (exact) mass is 404 g/mol. The molecule has 2 aromatic carbocycles. The molecule has 0 aliphatic heterocycles. The fourth-order valence-corrected chi connectivity index (χ4v) is 1.87. The topological polar surface area (TPSA) is 143 Å². The number of ether oxygens (including phenoxy) is 4. The highest BCUT2D eigenvalue weighted by Crippen LogP contribution is 2.17. The first-order chi connectivity index (χ1) is 13.9. The molecule has 11 heteroatoms. The second-order valence-electron chi connectivity index (χ2n) is 5.30. The zero-order valence-electron chi connectivity index (χ0n) is 14.9. The normalized spacial score (nSPS) is 9.79.